The molecule has 0 atom stereocenters. The smallest absolute Gasteiger partial charge is 0.0951 e. The number of aliphatic imine (C=N–C) groups is 1. The summed E-state index contributed by atoms with van der Waals surface area (Å²) in [5.74, 6) is 0. The highest BCUT2D eigenvalue weighted by Crippen LogP contribution is 2.09. The minimum atomic E-state index is 0.446. The van der Waals surface area contributed by atoms with Crippen LogP contribution in [0.4, 0.5) is 0 Å². The van der Waals surface area contributed by atoms with Gasteiger partial charge in [0.2, 0.25) is 0 Å². The Balaban J connectivity index is 2.70. The molecule has 0 spiro atoms. The topological polar surface area (TPSA) is 15.6 Å². The Morgan fingerprint density at radius 3 is 2.70 bits per heavy atom. The zero-order chi connectivity index (χ0) is 7.56. The van der Waals surface area contributed by atoms with Gasteiger partial charge in [0.1, 0.15) is 0 Å². The second-order valence-electron chi connectivity index (χ2n) is 2.57. The van der Waals surface area contributed by atoms with Crippen LogP contribution in [0.2, 0.25) is 0 Å². The molecule has 1 aliphatic heterocycles. The summed E-state index contributed by atoms with van der Waals surface area (Å²) in [6.07, 6.45) is 5.45. The van der Waals surface area contributed by atoms with Crippen molar-refractivity contribution in [3.8, 4) is 0 Å². The number of hydrogen-bond acceptors (Lipinski definition) is 2. The van der Waals surface area contributed by atoms with Gasteiger partial charge < -0.3 is 4.90 Å². The third-order valence-electron chi connectivity index (χ3n) is 1.43. The van der Waals surface area contributed by atoms with E-state index in [2.05, 4.69) is 25.4 Å². The minimum absolute atomic E-state index is 0.446. The largest absolute Gasteiger partial charge is 0.330 e. The van der Waals surface area contributed by atoms with Crippen molar-refractivity contribution in [1.29, 1.82) is 0 Å². The lowest BCUT2D eigenvalue weighted by Crippen LogP contribution is -2.28. The Bertz CT molecular complexity index is 189. The molecule has 0 aliphatic carbocycles. The summed E-state index contributed by atoms with van der Waals surface area (Å²) in [7, 11) is 0. The molecular weight excluding hydrogens is 124 g/mol. The van der Waals surface area contributed by atoms with Crippen molar-refractivity contribution < 1.29 is 0 Å². The first-order chi connectivity index (χ1) is 4.72. The Morgan fingerprint density at radius 1 is 1.60 bits per heavy atom. The Labute approximate surface area is 61.6 Å². The van der Waals surface area contributed by atoms with Crippen molar-refractivity contribution in [3.05, 3.63) is 24.6 Å². The van der Waals surface area contributed by atoms with E-state index in [4.69, 9.17) is 0 Å². The van der Waals surface area contributed by atoms with Gasteiger partial charge in [0, 0.05) is 17.9 Å². The van der Waals surface area contributed by atoms with Crippen LogP contribution < -0.4 is 0 Å². The average molecular weight is 136 g/mol. The molecule has 0 bridgehead atoms. The zero-order valence-electron chi connectivity index (χ0n) is 6.41. The minimum Gasteiger partial charge on any atom is -0.330 e. The fourth-order valence-corrected chi connectivity index (χ4v) is 0.865. The Morgan fingerprint density at radius 2 is 2.30 bits per heavy atom. The van der Waals surface area contributed by atoms with Crippen LogP contribution in [0.1, 0.15) is 13.8 Å². The van der Waals surface area contributed by atoms with E-state index in [0.717, 1.165) is 5.70 Å². The van der Waals surface area contributed by atoms with Gasteiger partial charge in [-0.2, -0.15) is 0 Å². The normalized spacial score (nSPS) is 17.1. The van der Waals surface area contributed by atoms with Crippen LogP contribution in [0.3, 0.4) is 0 Å². The molecule has 0 fully saturated rings. The third kappa shape index (κ3) is 1.26. The van der Waals surface area contributed by atoms with Crippen LogP contribution >= 0.6 is 0 Å². The summed E-state index contributed by atoms with van der Waals surface area (Å²) < 4.78 is 0. The van der Waals surface area contributed by atoms with E-state index in [1.54, 1.807) is 12.5 Å². The van der Waals surface area contributed by atoms with E-state index < -0.39 is 0 Å². The molecule has 1 aliphatic rings. The molecule has 0 aromatic heterocycles. The van der Waals surface area contributed by atoms with Crippen LogP contribution in [0.25, 0.3) is 0 Å². The lowest BCUT2D eigenvalue weighted by atomic mass is 10.3. The first-order valence-corrected chi connectivity index (χ1v) is 3.39. The van der Waals surface area contributed by atoms with E-state index >= 15 is 0 Å². The van der Waals surface area contributed by atoms with E-state index in [1.165, 1.54) is 0 Å². The summed E-state index contributed by atoms with van der Waals surface area (Å²) in [5, 5.41) is 0. The average Bonchev–Trinajstić information content (AvgIpc) is 1.88. The third-order valence-corrected chi connectivity index (χ3v) is 1.43. The SMILES string of the molecule is C=C1C=CN=CN1C(C)C. The highest BCUT2D eigenvalue weighted by atomic mass is 15.2. The lowest BCUT2D eigenvalue weighted by Gasteiger charge is -2.25. The summed E-state index contributed by atoms with van der Waals surface area (Å²) in [6.45, 7) is 8.08. The van der Waals surface area contributed by atoms with Crippen LogP contribution in [0.15, 0.2) is 29.5 Å². The van der Waals surface area contributed by atoms with E-state index in [0.29, 0.717) is 6.04 Å². The molecule has 0 aromatic carbocycles. The standard InChI is InChI=1S/C8H12N2/c1-7(2)10-6-9-5-4-8(10)3/h4-7H,3H2,1-2H3. The maximum absolute atomic E-state index is 3.99. The van der Waals surface area contributed by atoms with Gasteiger partial charge in [0.25, 0.3) is 0 Å². The van der Waals surface area contributed by atoms with Gasteiger partial charge in [-0.25, -0.2) is 4.99 Å². The molecule has 0 N–H and O–H groups in total. The Hall–Kier alpha value is -1.05. The van der Waals surface area contributed by atoms with Crippen LogP contribution in [-0.2, 0) is 0 Å². The second-order valence-corrected chi connectivity index (χ2v) is 2.57. The van der Waals surface area contributed by atoms with Gasteiger partial charge in [-0.3, -0.25) is 0 Å². The molecule has 0 radical (unpaired) electrons. The van der Waals surface area contributed by atoms with Gasteiger partial charge in [-0.1, -0.05) is 6.58 Å². The molecule has 2 nitrogen and oxygen atoms in total. The maximum Gasteiger partial charge on any atom is 0.0951 e. The van der Waals surface area contributed by atoms with Gasteiger partial charge in [-0.05, 0) is 19.9 Å². The van der Waals surface area contributed by atoms with Crippen molar-refractivity contribution >= 4 is 6.34 Å². The van der Waals surface area contributed by atoms with Gasteiger partial charge in [-0.15, -0.1) is 0 Å². The number of nitrogens with zero attached hydrogens (tertiary/aromatic N) is 2. The van der Waals surface area contributed by atoms with Crippen molar-refractivity contribution in [1.82, 2.24) is 4.90 Å². The molecule has 54 valence electrons. The maximum atomic E-state index is 3.99. The fraction of sp³-hybridized carbons (Fsp3) is 0.375. The van der Waals surface area contributed by atoms with E-state index in [9.17, 15) is 0 Å². The fourth-order valence-electron chi connectivity index (χ4n) is 0.865. The molecule has 0 unspecified atom stereocenters. The quantitative estimate of drug-likeness (QED) is 0.536. The number of rotatable bonds is 1. The predicted molar refractivity (Wildman–Crippen MR) is 43.7 cm³/mol. The van der Waals surface area contributed by atoms with Gasteiger partial charge in [0.15, 0.2) is 0 Å². The Kier molecular flexibility index (Phi) is 1.90. The lowest BCUT2D eigenvalue weighted by molar-refractivity contribution is 0.447. The monoisotopic (exact) mass is 136 g/mol. The number of allylic oxidation sites excluding steroid dienone is 1. The van der Waals surface area contributed by atoms with Crippen molar-refractivity contribution in [2.45, 2.75) is 19.9 Å². The molecule has 1 rings (SSSR count). The van der Waals surface area contributed by atoms with Crippen LogP contribution in [0.5, 0.6) is 0 Å². The molecule has 10 heavy (non-hydrogen) atoms. The van der Waals surface area contributed by atoms with E-state index in [-0.39, 0.29) is 0 Å². The molecular formula is C8H12N2. The number of hydrogen-bond donors (Lipinski definition) is 0. The molecule has 0 saturated carbocycles. The molecule has 1 heterocycles. The van der Waals surface area contributed by atoms with Crippen LogP contribution in [-0.4, -0.2) is 17.3 Å². The first-order valence-electron chi connectivity index (χ1n) is 3.39. The predicted octanol–water partition coefficient (Wildman–Crippen LogP) is 1.77. The highest BCUT2D eigenvalue weighted by Gasteiger charge is 2.07. The molecule has 2 heteroatoms. The second kappa shape index (κ2) is 2.69. The zero-order valence-corrected chi connectivity index (χ0v) is 6.41. The van der Waals surface area contributed by atoms with Gasteiger partial charge in [0.05, 0.1) is 6.34 Å². The first kappa shape index (κ1) is 7.06. The molecule has 0 saturated heterocycles. The van der Waals surface area contributed by atoms with E-state index in [1.807, 2.05) is 11.0 Å². The molecule has 0 amide bonds. The summed E-state index contributed by atoms with van der Waals surface area (Å²) in [5.41, 5.74) is 1.00. The summed E-state index contributed by atoms with van der Waals surface area (Å²) in [6, 6.07) is 0.446. The van der Waals surface area contributed by atoms with Crippen molar-refractivity contribution in [2.75, 3.05) is 0 Å². The van der Waals surface area contributed by atoms with Crippen molar-refractivity contribution in [3.63, 3.8) is 0 Å². The summed E-state index contributed by atoms with van der Waals surface area (Å²) in [4.78, 5) is 6.02. The van der Waals surface area contributed by atoms with Gasteiger partial charge >= 0.3 is 0 Å². The van der Waals surface area contributed by atoms with Crippen LogP contribution in [0, 0.1) is 0 Å². The highest BCUT2D eigenvalue weighted by molar-refractivity contribution is 5.62. The van der Waals surface area contributed by atoms with Crippen molar-refractivity contribution in [2.24, 2.45) is 4.99 Å². The molecule has 0 aromatic rings. The summed E-state index contributed by atoms with van der Waals surface area (Å²) >= 11 is 0.